The fourth-order valence-corrected chi connectivity index (χ4v) is 4.88. The Kier molecular flexibility index (Phi) is 4.34. The van der Waals surface area contributed by atoms with Crippen molar-refractivity contribution in [1.82, 2.24) is 24.3 Å². The molecular formula is C20H26N6S. The largest absolute Gasteiger partial charge is 0.341 e. The van der Waals surface area contributed by atoms with Gasteiger partial charge in [0, 0.05) is 26.2 Å². The summed E-state index contributed by atoms with van der Waals surface area (Å²) in [5.74, 6) is 3.80. The number of nitrogens with zero attached hydrogens (tertiary/aromatic N) is 6. The van der Waals surface area contributed by atoms with Crippen molar-refractivity contribution in [1.29, 1.82) is 0 Å². The fourth-order valence-electron chi connectivity index (χ4n) is 3.90. The molecular weight excluding hydrogens is 356 g/mol. The molecule has 0 bridgehead atoms. The van der Waals surface area contributed by atoms with Crippen LogP contribution < -0.4 is 4.90 Å². The van der Waals surface area contributed by atoms with E-state index in [-0.39, 0.29) is 0 Å². The average Bonchev–Trinajstić information content (AvgIpc) is 3.36. The van der Waals surface area contributed by atoms with Crippen molar-refractivity contribution in [2.24, 2.45) is 13.0 Å². The molecule has 0 unspecified atom stereocenters. The monoisotopic (exact) mass is 382 g/mol. The summed E-state index contributed by atoms with van der Waals surface area (Å²) in [6.45, 7) is 4.55. The zero-order valence-corrected chi connectivity index (χ0v) is 16.8. The molecule has 0 N–H and O–H groups in total. The molecule has 5 rings (SSSR count). The maximum Gasteiger partial charge on any atom is 0.228 e. The first kappa shape index (κ1) is 17.1. The third-order valence-corrected chi connectivity index (χ3v) is 6.77. The van der Waals surface area contributed by atoms with Crippen LogP contribution in [0.2, 0.25) is 0 Å². The number of rotatable bonds is 5. The predicted molar refractivity (Wildman–Crippen MR) is 109 cm³/mol. The van der Waals surface area contributed by atoms with E-state index >= 15 is 0 Å². The van der Waals surface area contributed by atoms with Crippen LogP contribution in [-0.4, -0.2) is 37.4 Å². The standard InChI is InChI=1S/C20H26N6S/c1-14-9-11-25(12-10-14)19-22-23-20(26(19)15-7-8-15)27-13-18-21-16-5-3-4-6-17(16)24(18)2/h3-6,14-15H,7-13H2,1-2H3. The van der Waals surface area contributed by atoms with E-state index in [0.717, 1.165) is 47.2 Å². The van der Waals surface area contributed by atoms with Crippen LogP contribution in [0.4, 0.5) is 5.95 Å². The Bertz CT molecular complexity index is 949. The first-order valence-electron chi connectivity index (χ1n) is 9.93. The third-order valence-electron chi connectivity index (χ3n) is 5.84. The molecule has 0 amide bonds. The number of fused-ring (bicyclic) bond motifs is 1. The minimum absolute atomic E-state index is 0.581. The molecule has 0 spiro atoms. The zero-order chi connectivity index (χ0) is 18.4. The lowest BCUT2D eigenvalue weighted by atomic mass is 10.00. The molecule has 1 aromatic carbocycles. The van der Waals surface area contributed by atoms with Crippen molar-refractivity contribution in [2.45, 2.75) is 49.6 Å². The van der Waals surface area contributed by atoms with Crippen LogP contribution in [-0.2, 0) is 12.8 Å². The molecule has 0 atom stereocenters. The second kappa shape index (κ2) is 6.86. The van der Waals surface area contributed by atoms with E-state index in [0.29, 0.717) is 6.04 Å². The van der Waals surface area contributed by atoms with E-state index in [9.17, 15) is 0 Å². The second-order valence-corrected chi connectivity index (χ2v) is 8.86. The lowest BCUT2D eigenvalue weighted by Crippen LogP contribution is -2.34. The summed E-state index contributed by atoms with van der Waals surface area (Å²) in [5, 5.41) is 10.2. The highest BCUT2D eigenvalue weighted by Crippen LogP contribution is 2.42. The molecule has 6 nitrogen and oxygen atoms in total. The number of hydrogen-bond acceptors (Lipinski definition) is 5. The first-order chi connectivity index (χ1) is 13.2. The van der Waals surface area contributed by atoms with Gasteiger partial charge in [0.25, 0.3) is 0 Å². The van der Waals surface area contributed by atoms with E-state index < -0.39 is 0 Å². The van der Waals surface area contributed by atoms with Crippen LogP contribution in [0.25, 0.3) is 11.0 Å². The van der Waals surface area contributed by atoms with E-state index in [1.54, 1.807) is 11.8 Å². The topological polar surface area (TPSA) is 51.8 Å². The van der Waals surface area contributed by atoms with Crippen molar-refractivity contribution in [3.05, 3.63) is 30.1 Å². The number of aromatic nitrogens is 5. The number of thioether (sulfide) groups is 1. The summed E-state index contributed by atoms with van der Waals surface area (Å²) < 4.78 is 4.58. The smallest absolute Gasteiger partial charge is 0.228 e. The Morgan fingerprint density at radius 3 is 2.59 bits per heavy atom. The highest BCUT2D eigenvalue weighted by Gasteiger charge is 2.32. The summed E-state index contributed by atoms with van der Waals surface area (Å²) >= 11 is 1.76. The van der Waals surface area contributed by atoms with Gasteiger partial charge >= 0.3 is 0 Å². The van der Waals surface area contributed by atoms with E-state index in [1.807, 2.05) is 6.07 Å². The number of piperidine rings is 1. The van der Waals surface area contributed by atoms with Gasteiger partial charge in [-0.15, -0.1) is 10.2 Å². The Labute approximate surface area is 164 Å². The molecule has 142 valence electrons. The molecule has 2 aliphatic rings. The molecule has 3 heterocycles. The summed E-state index contributed by atoms with van der Waals surface area (Å²) in [5.41, 5.74) is 2.24. The summed E-state index contributed by atoms with van der Waals surface area (Å²) in [4.78, 5) is 7.23. The number of para-hydroxylation sites is 2. The SMILES string of the molecule is CC1CCN(c2nnc(SCc3nc4ccccc4n3C)n2C2CC2)CC1. The second-order valence-electron chi connectivity index (χ2n) is 7.92. The number of imidazole rings is 1. The van der Waals surface area contributed by atoms with Crippen LogP contribution in [0.1, 0.15) is 44.5 Å². The van der Waals surface area contributed by atoms with Gasteiger partial charge in [-0.05, 0) is 43.7 Å². The summed E-state index contributed by atoms with van der Waals surface area (Å²) in [7, 11) is 2.09. The van der Waals surface area contributed by atoms with Crippen molar-refractivity contribution < 1.29 is 0 Å². The Balaban J connectivity index is 1.38. The fraction of sp³-hybridized carbons (Fsp3) is 0.550. The number of anilines is 1. The van der Waals surface area contributed by atoms with Gasteiger partial charge in [-0.25, -0.2) is 4.98 Å². The normalized spacial score (nSPS) is 18.5. The lowest BCUT2D eigenvalue weighted by Gasteiger charge is -2.31. The van der Waals surface area contributed by atoms with Gasteiger partial charge in [-0.1, -0.05) is 30.8 Å². The quantitative estimate of drug-likeness (QED) is 0.624. The zero-order valence-electron chi connectivity index (χ0n) is 16.0. The molecule has 1 saturated heterocycles. The molecule has 2 aromatic heterocycles. The van der Waals surface area contributed by atoms with Crippen molar-refractivity contribution >= 4 is 28.7 Å². The molecule has 1 aliphatic heterocycles. The van der Waals surface area contributed by atoms with Gasteiger partial charge in [0.05, 0.1) is 16.8 Å². The first-order valence-corrected chi connectivity index (χ1v) is 10.9. The highest BCUT2D eigenvalue weighted by atomic mass is 32.2. The van der Waals surface area contributed by atoms with E-state index in [1.165, 1.54) is 31.2 Å². The molecule has 0 radical (unpaired) electrons. The number of aryl methyl sites for hydroxylation is 1. The molecule has 3 aromatic rings. The van der Waals surface area contributed by atoms with Gasteiger partial charge in [-0.2, -0.15) is 0 Å². The Morgan fingerprint density at radius 1 is 1.07 bits per heavy atom. The minimum Gasteiger partial charge on any atom is -0.341 e. The van der Waals surface area contributed by atoms with E-state index in [4.69, 9.17) is 4.98 Å². The van der Waals surface area contributed by atoms with Gasteiger partial charge in [0.1, 0.15) is 5.82 Å². The van der Waals surface area contributed by atoms with Crippen LogP contribution in [0, 0.1) is 5.92 Å². The van der Waals surface area contributed by atoms with Crippen LogP contribution in [0.15, 0.2) is 29.4 Å². The van der Waals surface area contributed by atoms with Crippen molar-refractivity contribution in [3.8, 4) is 0 Å². The summed E-state index contributed by atoms with van der Waals surface area (Å²) in [6, 6.07) is 8.89. The predicted octanol–water partition coefficient (Wildman–Crippen LogP) is 4.03. The van der Waals surface area contributed by atoms with Gasteiger partial charge in [0.2, 0.25) is 5.95 Å². The van der Waals surface area contributed by atoms with Gasteiger partial charge in [0.15, 0.2) is 5.16 Å². The highest BCUT2D eigenvalue weighted by molar-refractivity contribution is 7.98. The maximum absolute atomic E-state index is 4.80. The van der Waals surface area contributed by atoms with Crippen molar-refractivity contribution in [2.75, 3.05) is 18.0 Å². The molecule has 7 heteroatoms. The maximum atomic E-state index is 4.80. The minimum atomic E-state index is 0.581. The van der Waals surface area contributed by atoms with Crippen LogP contribution in [0.5, 0.6) is 0 Å². The molecule has 1 saturated carbocycles. The van der Waals surface area contributed by atoms with Crippen LogP contribution >= 0.6 is 11.8 Å². The molecule has 27 heavy (non-hydrogen) atoms. The van der Waals surface area contributed by atoms with Gasteiger partial charge in [-0.3, -0.25) is 4.57 Å². The van der Waals surface area contributed by atoms with Gasteiger partial charge < -0.3 is 9.47 Å². The molecule has 1 aliphatic carbocycles. The molecule has 2 fully saturated rings. The Morgan fingerprint density at radius 2 is 1.85 bits per heavy atom. The average molecular weight is 383 g/mol. The van der Waals surface area contributed by atoms with E-state index in [2.05, 4.69) is 56.4 Å². The number of hydrogen-bond donors (Lipinski definition) is 0. The van der Waals surface area contributed by atoms with Crippen LogP contribution in [0.3, 0.4) is 0 Å². The Hall–Kier alpha value is -2.02. The summed E-state index contributed by atoms with van der Waals surface area (Å²) in [6.07, 6.45) is 4.99. The third kappa shape index (κ3) is 3.22. The lowest BCUT2D eigenvalue weighted by molar-refractivity contribution is 0.429. The number of benzene rings is 1. The van der Waals surface area contributed by atoms with Crippen molar-refractivity contribution in [3.63, 3.8) is 0 Å².